The van der Waals surface area contributed by atoms with E-state index in [2.05, 4.69) is 9.62 Å². The van der Waals surface area contributed by atoms with Crippen LogP contribution >= 0.6 is 0 Å². The lowest BCUT2D eigenvalue weighted by Crippen LogP contribution is -2.37. The van der Waals surface area contributed by atoms with Gasteiger partial charge in [0.15, 0.2) is 0 Å². The minimum absolute atomic E-state index is 0.131. The second-order valence-corrected chi connectivity index (χ2v) is 7.71. The molecular weight excluding hydrogens is 286 g/mol. The smallest absolute Gasteiger partial charge is 0.242 e. The zero-order valence-corrected chi connectivity index (χ0v) is 13.0. The number of hydrogen-bond donors (Lipinski definition) is 2. The van der Waals surface area contributed by atoms with Crippen molar-refractivity contribution in [2.45, 2.75) is 36.6 Å². The highest BCUT2D eigenvalue weighted by molar-refractivity contribution is 7.89. The SMILES string of the molecule is NCC1CCN(c2ccccc2S(=O)(=O)NC2CC2)CC1. The van der Waals surface area contributed by atoms with E-state index in [0.717, 1.165) is 51.0 Å². The molecule has 0 unspecified atom stereocenters. The summed E-state index contributed by atoms with van der Waals surface area (Å²) in [7, 11) is -3.41. The molecule has 2 aliphatic rings. The number of benzene rings is 1. The van der Waals surface area contributed by atoms with Crippen molar-refractivity contribution < 1.29 is 8.42 Å². The van der Waals surface area contributed by atoms with Crippen LogP contribution in [0.3, 0.4) is 0 Å². The number of rotatable bonds is 5. The Morgan fingerprint density at radius 1 is 1.14 bits per heavy atom. The van der Waals surface area contributed by atoms with Gasteiger partial charge in [-0.1, -0.05) is 12.1 Å². The van der Waals surface area contributed by atoms with Gasteiger partial charge in [0.2, 0.25) is 10.0 Å². The number of anilines is 1. The van der Waals surface area contributed by atoms with Crippen molar-refractivity contribution in [3.8, 4) is 0 Å². The summed E-state index contributed by atoms with van der Waals surface area (Å²) < 4.78 is 27.8. The first-order chi connectivity index (χ1) is 10.1. The molecule has 1 aliphatic carbocycles. The quantitative estimate of drug-likeness (QED) is 0.860. The summed E-state index contributed by atoms with van der Waals surface area (Å²) in [6, 6.07) is 7.43. The van der Waals surface area contributed by atoms with Gasteiger partial charge in [-0.05, 0) is 50.3 Å². The molecule has 0 aromatic heterocycles. The van der Waals surface area contributed by atoms with Crippen molar-refractivity contribution in [3.63, 3.8) is 0 Å². The predicted octanol–water partition coefficient (Wildman–Crippen LogP) is 1.30. The van der Waals surface area contributed by atoms with Gasteiger partial charge in [-0.2, -0.15) is 0 Å². The van der Waals surface area contributed by atoms with Crippen LogP contribution < -0.4 is 15.4 Å². The van der Waals surface area contributed by atoms with Crippen molar-refractivity contribution in [3.05, 3.63) is 24.3 Å². The van der Waals surface area contributed by atoms with Gasteiger partial charge in [-0.15, -0.1) is 0 Å². The highest BCUT2D eigenvalue weighted by Crippen LogP contribution is 2.30. The third-order valence-corrected chi connectivity index (χ3v) is 5.91. The van der Waals surface area contributed by atoms with Gasteiger partial charge in [-0.25, -0.2) is 13.1 Å². The first-order valence-electron chi connectivity index (χ1n) is 7.66. The Kier molecular flexibility index (Phi) is 4.19. The molecule has 0 spiro atoms. The van der Waals surface area contributed by atoms with E-state index in [9.17, 15) is 8.42 Å². The fourth-order valence-electron chi connectivity index (χ4n) is 2.84. The lowest BCUT2D eigenvalue weighted by molar-refractivity contribution is 0.413. The van der Waals surface area contributed by atoms with Crippen LogP contribution in [0.15, 0.2) is 29.2 Å². The van der Waals surface area contributed by atoms with E-state index in [1.54, 1.807) is 12.1 Å². The third kappa shape index (κ3) is 3.39. The van der Waals surface area contributed by atoms with Crippen LogP contribution in [0.2, 0.25) is 0 Å². The minimum Gasteiger partial charge on any atom is -0.370 e. The van der Waals surface area contributed by atoms with Gasteiger partial charge in [0, 0.05) is 19.1 Å². The van der Waals surface area contributed by atoms with Crippen molar-refractivity contribution in [1.29, 1.82) is 0 Å². The summed E-state index contributed by atoms with van der Waals surface area (Å²) in [4.78, 5) is 2.58. The van der Waals surface area contributed by atoms with E-state index in [-0.39, 0.29) is 6.04 Å². The highest BCUT2D eigenvalue weighted by atomic mass is 32.2. The van der Waals surface area contributed by atoms with Crippen LogP contribution in [0.1, 0.15) is 25.7 Å². The molecular formula is C15H23N3O2S. The summed E-state index contributed by atoms with van der Waals surface area (Å²) in [5, 5.41) is 0. The number of piperidine rings is 1. The maximum Gasteiger partial charge on any atom is 0.242 e. The molecule has 1 aromatic rings. The second kappa shape index (κ2) is 5.94. The van der Waals surface area contributed by atoms with Crippen LogP contribution in [0.25, 0.3) is 0 Å². The molecule has 21 heavy (non-hydrogen) atoms. The Morgan fingerprint density at radius 2 is 1.81 bits per heavy atom. The Hall–Kier alpha value is -1.11. The Labute approximate surface area is 126 Å². The fourth-order valence-corrected chi connectivity index (χ4v) is 4.37. The molecule has 3 N–H and O–H groups in total. The molecule has 0 atom stereocenters. The topological polar surface area (TPSA) is 75.4 Å². The number of nitrogens with two attached hydrogens (primary N) is 1. The second-order valence-electron chi connectivity index (χ2n) is 6.03. The fraction of sp³-hybridized carbons (Fsp3) is 0.600. The van der Waals surface area contributed by atoms with Crippen molar-refractivity contribution in [1.82, 2.24) is 4.72 Å². The van der Waals surface area contributed by atoms with Crippen LogP contribution in [0.5, 0.6) is 0 Å². The Morgan fingerprint density at radius 3 is 2.43 bits per heavy atom. The van der Waals surface area contributed by atoms with Crippen LogP contribution in [-0.4, -0.2) is 34.1 Å². The predicted molar refractivity (Wildman–Crippen MR) is 83.8 cm³/mol. The average molecular weight is 309 g/mol. The van der Waals surface area contributed by atoms with Gasteiger partial charge in [0.1, 0.15) is 4.90 Å². The molecule has 1 saturated heterocycles. The van der Waals surface area contributed by atoms with Gasteiger partial charge in [0.25, 0.3) is 0 Å². The summed E-state index contributed by atoms with van der Waals surface area (Å²) in [6.07, 6.45) is 3.95. The molecule has 1 saturated carbocycles. The van der Waals surface area contributed by atoms with E-state index in [0.29, 0.717) is 10.8 Å². The standard InChI is InChI=1S/C15H23N3O2S/c16-11-12-7-9-18(10-8-12)14-3-1-2-4-15(14)21(19,20)17-13-5-6-13/h1-4,12-13,17H,5-11,16H2. The van der Waals surface area contributed by atoms with E-state index >= 15 is 0 Å². The Balaban J connectivity index is 1.82. The van der Waals surface area contributed by atoms with E-state index < -0.39 is 10.0 Å². The number of para-hydroxylation sites is 1. The van der Waals surface area contributed by atoms with Crippen molar-refractivity contribution >= 4 is 15.7 Å². The monoisotopic (exact) mass is 309 g/mol. The van der Waals surface area contributed by atoms with Gasteiger partial charge in [0.05, 0.1) is 5.69 Å². The molecule has 2 fully saturated rings. The maximum atomic E-state index is 12.5. The first-order valence-corrected chi connectivity index (χ1v) is 9.15. The zero-order chi connectivity index (χ0) is 14.9. The lowest BCUT2D eigenvalue weighted by Gasteiger charge is -2.34. The largest absolute Gasteiger partial charge is 0.370 e. The van der Waals surface area contributed by atoms with Gasteiger partial charge < -0.3 is 10.6 Å². The van der Waals surface area contributed by atoms with E-state index in [1.807, 2.05) is 12.1 Å². The third-order valence-electron chi connectivity index (χ3n) is 4.34. The van der Waals surface area contributed by atoms with E-state index in [1.165, 1.54) is 0 Å². The molecule has 1 aliphatic heterocycles. The minimum atomic E-state index is -3.41. The number of sulfonamides is 1. The maximum absolute atomic E-state index is 12.5. The van der Waals surface area contributed by atoms with Crippen LogP contribution in [0, 0.1) is 5.92 Å². The highest BCUT2D eigenvalue weighted by Gasteiger charge is 2.30. The number of nitrogens with one attached hydrogen (secondary N) is 1. The molecule has 0 radical (unpaired) electrons. The normalized spacial score (nSPS) is 20.7. The first kappa shape index (κ1) is 14.8. The molecule has 5 nitrogen and oxygen atoms in total. The number of nitrogens with zero attached hydrogens (tertiary/aromatic N) is 1. The molecule has 1 heterocycles. The van der Waals surface area contributed by atoms with E-state index in [4.69, 9.17) is 5.73 Å². The molecule has 6 heteroatoms. The molecule has 3 rings (SSSR count). The average Bonchev–Trinajstić information content (AvgIpc) is 3.31. The summed E-state index contributed by atoms with van der Waals surface area (Å²) in [6.45, 7) is 2.46. The van der Waals surface area contributed by atoms with Gasteiger partial charge >= 0.3 is 0 Å². The Bertz CT molecular complexity index is 591. The molecule has 0 amide bonds. The van der Waals surface area contributed by atoms with Crippen molar-refractivity contribution in [2.24, 2.45) is 11.7 Å². The zero-order valence-electron chi connectivity index (χ0n) is 12.2. The van der Waals surface area contributed by atoms with Crippen LogP contribution in [0.4, 0.5) is 5.69 Å². The summed E-state index contributed by atoms with van der Waals surface area (Å²) >= 11 is 0. The summed E-state index contributed by atoms with van der Waals surface area (Å²) in [5.41, 5.74) is 6.54. The summed E-state index contributed by atoms with van der Waals surface area (Å²) in [5.74, 6) is 0.564. The molecule has 1 aromatic carbocycles. The lowest BCUT2D eigenvalue weighted by atomic mass is 9.97. The molecule has 0 bridgehead atoms. The van der Waals surface area contributed by atoms with Crippen LogP contribution in [-0.2, 0) is 10.0 Å². The van der Waals surface area contributed by atoms with Gasteiger partial charge in [-0.3, -0.25) is 0 Å². The number of hydrogen-bond acceptors (Lipinski definition) is 4. The molecule has 116 valence electrons. The van der Waals surface area contributed by atoms with Crippen molar-refractivity contribution in [2.75, 3.05) is 24.5 Å².